The molecular weight excluding hydrogens is 268 g/mol. The summed E-state index contributed by atoms with van der Waals surface area (Å²) in [4.78, 5) is 12.9. The largest absolute Gasteiger partial charge is 0.478 e. The van der Waals surface area contributed by atoms with Crippen molar-refractivity contribution in [3.63, 3.8) is 0 Å². The first-order chi connectivity index (χ1) is 8.87. The number of aryl methyl sites for hydroxylation is 1. The Morgan fingerprint density at radius 3 is 2.79 bits per heavy atom. The molecule has 6 nitrogen and oxygen atoms in total. The van der Waals surface area contributed by atoms with Gasteiger partial charge in [-0.2, -0.15) is 0 Å². The number of carbonyl (C=O) groups is 1. The monoisotopic (exact) mass is 284 g/mol. The number of carboxylic acids is 1. The second kappa shape index (κ2) is 5.18. The molecule has 0 atom stereocenters. The predicted molar refractivity (Wildman–Crippen MR) is 71.9 cm³/mol. The number of primary sulfonamides is 1. The molecule has 3 N–H and O–H groups in total. The quantitative estimate of drug-likeness (QED) is 0.834. The third kappa shape index (κ3) is 3.45. The highest BCUT2D eigenvalue weighted by atomic mass is 32.2. The summed E-state index contributed by atoms with van der Waals surface area (Å²) in [5.41, 5.74) is 2.10. The highest BCUT2D eigenvalue weighted by Crippen LogP contribution is 2.27. The van der Waals surface area contributed by atoms with Gasteiger partial charge in [-0.1, -0.05) is 0 Å². The van der Waals surface area contributed by atoms with Gasteiger partial charge in [0.25, 0.3) is 0 Å². The zero-order valence-corrected chi connectivity index (χ0v) is 11.2. The van der Waals surface area contributed by atoms with Crippen LogP contribution in [0.1, 0.15) is 22.3 Å². The van der Waals surface area contributed by atoms with Crippen LogP contribution in [0.3, 0.4) is 0 Å². The van der Waals surface area contributed by atoms with Gasteiger partial charge in [-0.15, -0.1) is 0 Å². The third-order valence-electron chi connectivity index (χ3n) is 3.19. The lowest BCUT2D eigenvalue weighted by molar-refractivity contribution is 0.0696. The molecule has 0 aromatic heterocycles. The molecule has 0 spiro atoms. The van der Waals surface area contributed by atoms with Crippen molar-refractivity contribution in [1.29, 1.82) is 0 Å². The Balaban J connectivity index is 2.22. The number of nitrogens with two attached hydrogens (primary N) is 1. The molecule has 2 rings (SSSR count). The summed E-state index contributed by atoms with van der Waals surface area (Å²) in [6, 6.07) is 4.93. The molecule has 1 aromatic carbocycles. The number of nitrogens with zero attached hydrogens (tertiary/aromatic N) is 1. The number of hydrogen-bond acceptors (Lipinski definition) is 4. The van der Waals surface area contributed by atoms with Crippen molar-refractivity contribution in [2.75, 3.05) is 23.7 Å². The fraction of sp³-hybridized carbons (Fsp3) is 0.417. The lowest BCUT2D eigenvalue weighted by atomic mass is 9.99. The summed E-state index contributed by atoms with van der Waals surface area (Å²) in [5, 5.41) is 14.0. The summed E-state index contributed by atoms with van der Waals surface area (Å²) < 4.78 is 22.0. The van der Waals surface area contributed by atoms with Gasteiger partial charge in [0, 0.05) is 18.8 Å². The first kappa shape index (κ1) is 13.8. The topological polar surface area (TPSA) is 101 Å². The first-order valence-electron chi connectivity index (χ1n) is 5.98. The molecule has 0 unspecified atom stereocenters. The van der Waals surface area contributed by atoms with E-state index < -0.39 is 16.0 Å². The van der Waals surface area contributed by atoms with Crippen LogP contribution >= 0.6 is 0 Å². The number of sulfonamides is 1. The van der Waals surface area contributed by atoms with E-state index in [0.717, 1.165) is 30.6 Å². The molecule has 0 fully saturated rings. The van der Waals surface area contributed by atoms with Crippen LogP contribution in [0.5, 0.6) is 0 Å². The average Bonchev–Trinajstić information content (AvgIpc) is 2.34. The van der Waals surface area contributed by atoms with Crippen LogP contribution in [0.25, 0.3) is 0 Å². The van der Waals surface area contributed by atoms with Crippen molar-refractivity contribution in [2.45, 2.75) is 12.8 Å². The molecular formula is C12H16N2O4S. The lowest BCUT2D eigenvalue weighted by Crippen LogP contribution is -2.35. The van der Waals surface area contributed by atoms with Crippen molar-refractivity contribution in [3.8, 4) is 0 Å². The Bertz CT molecular complexity index is 598. The van der Waals surface area contributed by atoms with Crippen molar-refractivity contribution in [1.82, 2.24) is 0 Å². The molecule has 1 aromatic rings. The Hall–Kier alpha value is -1.60. The normalized spacial score (nSPS) is 15.1. The van der Waals surface area contributed by atoms with E-state index in [2.05, 4.69) is 0 Å². The average molecular weight is 284 g/mol. The summed E-state index contributed by atoms with van der Waals surface area (Å²) in [6.07, 6.45) is 1.68. The molecule has 0 amide bonds. The Kier molecular flexibility index (Phi) is 3.77. The number of carboxylic acid groups (broad SMARTS) is 1. The van der Waals surface area contributed by atoms with E-state index in [1.807, 2.05) is 4.90 Å². The second-order valence-electron chi connectivity index (χ2n) is 4.61. The zero-order chi connectivity index (χ0) is 14.0. The first-order valence-corrected chi connectivity index (χ1v) is 7.70. The lowest BCUT2D eigenvalue weighted by Gasteiger charge is -2.31. The maximum absolute atomic E-state index is 11.0. The van der Waals surface area contributed by atoms with Crippen molar-refractivity contribution in [2.24, 2.45) is 5.14 Å². The van der Waals surface area contributed by atoms with Gasteiger partial charge in [-0.3, -0.25) is 0 Å². The molecule has 0 bridgehead atoms. The maximum Gasteiger partial charge on any atom is 0.335 e. The third-order valence-corrected chi connectivity index (χ3v) is 3.94. The van der Waals surface area contributed by atoms with Crippen LogP contribution in [0.4, 0.5) is 5.69 Å². The Morgan fingerprint density at radius 1 is 1.42 bits per heavy atom. The molecule has 1 aliphatic heterocycles. The number of fused-ring (bicyclic) bond motifs is 1. The minimum atomic E-state index is -3.48. The number of rotatable bonds is 4. The van der Waals surface area contributed by atoms with Crippen LogP contribution in [0.2, 0.25) is 0 Å². The molecule has 0 aliphatic carbocycles. The van der Waals surface area contributed by atoms with E-state index in [0.29, 0.717) is 6.54 Å². The predicted octanol–water partition coefficient (Wildman–Crippen LogP) is 0.426. The van der Waals surface area contributed by atoms with E-state index in [1.54, 1.807) is 12.1 Å². The van der Waals surface area contributed by atoms with Crippen molar-refractivity contribution < 1.29 is 18.3 Å². The molecule has 19 heavy (non-hydrogen) atoms. The molecule has 1 heterocycles. The van der Waals surface area contributed by atoms with Gasteiger partial charge in [-0.25, -0.2) is 18.4 Å². The van der Waals surface area contributed by atoms with Crippen LogP contribution in [-0.2, 0) is 16.4 Å². The molecule has 0 saturated carbocycles. The molecule has 0 radical (unpaired) electrons. The van der Waals surface area contributed by atoms with Gasteiger partial charge >= 0.3 is 5.97 Å². The van der Waals surface area contributed by atoms with Gasteiger partial charge in [0.05, 0.1) is 11.3 Å². The maximum atomic E-state index is 11.0. The fourth-order valence-corrected chi connectivity index (χ4v) is 2.75. The van der Waals surface area contributed by atoms with Gasteiger partial charge in [0.1, 0.15) is 0 Å². The minimum Gasteiger partial charge on any atom is -0.478 e. The Morgan fingerprint density at radius 2 is 2.16 bits per heavy atom. The van der Waals surface area contributed by atoms with Crippen molar-refractivity contribution >= 4 is 21.7 Å². The Labute approximate surface area is 111 Å². The van der Waals surface area contributed by atoms with E-state index in [4.69, 9.17) is 10.2 Å². The van der Waals surface area contributed by atoms with Gasteiger partial charge in [0.15, 0.2) is 0 Å². The second-order valence-corrected chi connectivity index (χ2v) is 6.34. The summed E-state index contributed by atoms with van der Waals surface area (Å²) in [6.45, 7) is 1.09. The van der Waals surface area contributed by atoms with Crippen molar-refractivity contribution in [3.05, 3.63) is 29.3 Å². The molecule has 0 saturated heterocycles. The number of anilines is 1. The number of aromatic carboxylic acids is 1. The van der Waals surface area contributed by atoms with E-state index in [1.165, 1.54) is 6.07 Å². The van der Waals surface area contributed by atoms with Gasteiger partial charge in [-0.05, 0) is 36.6 Å². The van der Waals surface area contributed by atoms with E-state index >= 15 is 0 Å². The van der Waals surface area contributed by atoms with Crippen LogP contribution < -0.4 is 10.0 Å². The van der Waals surface area contributed by atoms with Crippen LogP contribution in [-0.4, -0.2) is 38.3 Å². The van der Waals surface area contributed by atoms with E-state index in [9.17, 15) is 13.2 Å². The summed E-state index contributed by atoms with van der Waals surface area (Å²) >= 11 is 0. The van der Waals surface area contributed by atoms with Crippen LogP contribution in [0.15, 0.2) is 18.2 Å². The highest BCUT2D eigenvalue weighted by molar-refractivity contribution is 7.89. The smallest absolute Gasteiger partial charge is 0.335 e. The van der Waals surface area contributed by atoms with Gasteiger partial charge in [0.2, 0.25) is 10.0 Å². The molecule has 1 aliphatic rings. The highest BCUT2D eigenvalue weighted by Gasteiger charge is 2.19. The fourth-order valence-electron chi connectivity index (χ4n) is 2.28. The van der Waals surface area contributed by atoms with E-state index in [-0.39, 0.29) is 11.3 Å². The molecule has 7 heteroatoms. The number of benzene rings is 1. The minimum absolute atomic E-state index is 0.104. The standard InChI is InChI=1S/C12H16N2O4S/c13-19(17,18)7-6-14-5-1-2-9-8-10(12(15)16)3-4-11(9)14/h3-4,8H,1-2,5-7H2,(H,15,16)(H2,13,17,18). The number of hydrogen-bond donors (Lipinski definition) is 2. The summed E-state index contributed by atoms with van der Waals surface area (Å²) in [7, 11) is -3.48. The zero-order valence-electron chi connectivity index (χ0n) is 10.4. The van der Waals surface area contributed by atoms with Gasteiger partial charge < -0.3 is 10.0 Å². The van der Waals surface area contributed by atoms with Crippen LogP contribution in [0, 0.1) is 0 Å². The SMILES string of the molecule is NS(=O)(=O)CCN1CCCc2cc(C(=O)O)ccc21. The molecule has 104 valence electrons. The summed E-state index contributed by atoms with van der Waals surface area (Å²) in [5.74, 6) is -1.06.